The van der Waals surface area contributed by atoms with E-state index in [1.807, 2.05) is 5.43 Å². The molecular weight excluding hydrogens is 266 g/mol. The largest absolute Gasteiger partial charge is 0.480 e. The van der Waals surface area contributed by atoms with Gasteiger partial charge < -0.3 is 4.74 Å². The van der Waals surface area contributed by atoms with Crippen LogP contribution in [0.3, 0.4) is 0 Å². The number of nitro groups is 1. The summed E-state index contributed by atoms with van der Waals surface area (Å²) >= 11 is 0. The molecule has 9 heteroatoms. The number of nitrogens with two attached hydrogens (primary N) is 1. The van der Waals surface area contributed by atoms with E-state index in [2.05, 4.69) is 10.5 Å². The van der Waals surface area contributed by atoms with Crippen molar-refractivity contribution in [1.29, 1.82) is 0 Å². The predicted molar refractivity (Wildman–Crippen MR) is 72.7 cm³/mol. The van der Waals surface area contributed by atoms with Gasteiger partial charge in [0.2, 0.25) is 11.8 Å². The Morgan fingerprint density at radius 3 is 2.80 bits per heavy atom. The van der Waals surface area contributed by atoms with E-state index in [1.54, 1.807) is 19.1 Å². The molecule has 0 saturated heterocycles. The molecule has 0 heterocycles. The summed E-state index contributed by atoms with van der Waals surface area (Å²) in [6.45, 7) is 2.02. The average molecular weight is 281 g/mol. The van der Waals surface area contributed by atoms with Crippen molar-refractivity contribution in [2.45, 2.75) is 13.3 Å². The lowest BCUT2D eigenvalue weighted by Crippen LogP contribution is -2.32. The van der Waals surface area contributed by atoms with Crippen molar-refractivity contribution in [3.63, 3.8) is 0 Å². The van der Waals surface area contributed by atoms with Crippen LogP contribution in [0, 0.1) is 10.1 Å². The van der Waals surface area contributed by atoms with Gasteiger partial charge in [0.1, 0.15) is 12.1 Å². The molecule has 108 valence electrons. The average Bonchev–Trinajstić information content (AvgIpc) is 2.45. The first kappa shape index (κ1) is 15.4. The highest BCUT2D eigenvalue weighted by Gasteiger charge is 2.13. The highest BCUT2D eigenvalue weighted by atomic mass is 16.6. The number of carbonyl (C=O) groups is 1. The first-order chi connectivity index (χ1) is 9.58. The number of benzene rings is 1. The molecule has 9 nitrogen and oxygen atoms in total. The molecule has 1 aromatic rings. The quantitative estimate of drug-likeness (QED) is 0.176. The zero-order valence-corrected chi connectivity index (χ0v) is 10.8. The molecule has 0 fully saturated rings. The third-order valence-electron chi connectivity index (χ3n) is 2.19. The molecule has 0 aliphatic heterocycles. The van der Waals surface area contributed by atoms with Gasteiger partial charge in [0.15, 0.2) is 0 Å². The van der Waals surface area contributed by atoms with E-state index < -0.39 is 10.8 Å². The van der Waals surface area contributed by atoms with Crippen molar-refractivity contribution < 1.29 is 14.5 Å². The molecule has 0 aromatic heterocycles. The van der Waals surface area contributed by atoms with Gasteiger partial charge in [-0.3, -0.25) is 25.8 Å². The fourth-order valence-electron chi connectivity index (χ4n) is 1.33. The van der Waals surface area contributed by atoms with Gasteiger partial charge >= 0.3 is 0 Å². The van der Waals surface area contributed by atoms with Gasteiger partial charge in [-0.15, -0.1) is 5.10 Å². The van der Waals surface area contributed by atoms with Crippen molar-refractivity contribution >= 4 is 23.2 Å². The molecular formula is C11H15N5O4. The van der Waals surface area contributed by atoms with Gasteiger partial charge in [-0.2, -0.15) is 0 Å². The summed E-state index contributed by atoms with van der Waals surface area (Å²) in [4.78, 5) is 21.4. The molecule has 1 rings (SSSR count). The molecule has 1 aromatic carbocycles. The number of hydrogen-bond donors (Lipinski definition) is 3. The number of anilines is 1. The summed E-state index contributed by atoms with van der Waals surface area (Å²) in [5.74, 6) is 4.56. The number of nitro benzene ring substituents is 1. The van der Waals surface area contributed by atoms with Crippen LogP contribution in [0.15, 0.2) is 29.4 Å². The number of para-hydroxylation sites is 2. The lowest BCUT2D eigenvalue weighted by atomic mass is 10.3. The number of ether oxygens (including phenoxy) is 1. The Morgan fingerprint density at radius 1 is 1.50 bits per heavy atom. The van der Waals surface area contributed by atoms with Gasteiger partial charge in [-0.1, -0.05) is 12.1 Å². The summed E-state index contributed by atoms with van der Waals surface area (Å²) in [6, 6.07) is 6.00. The van der Waals surface area contributed by atoms with Crippen molar-refractivity contribution in [1.82, 2.24) is 5.43 Å². The van der Waals surface area contributed by atoms with Crippen LogP contribution in [0.1, 0.15) is 13.3 Å². The topological polar surface area (TPSA) is 132 Å². The van der Waals surface area contributed by atoms with Crippen LogP contribution in [0.2, 0.25) is 0 Å². The number of hydrazine groups is 1. The molecule has 4 N–H and O–H groups in total. The molecule has 0 unspecified atom stereocenters. The van der Waals surface area contributed by atoms with Crippen LogP contribution in [0.5, 0.6) is 0 Å². The Labute approximate surface area is 114 Å². The number of carbonyl (C=O) groups excluding carboxylic acids is 1. The van der Waals surface area contributed by atoms with Crippen molar-refractivity contribution in [2.75, 3.05) is 12.0 Å². The number of hydrazone groups is 1. The molecule has 0 spiro atoms. The van der Waals surface area contributed by atoms with E-state index in [9.17, 15) is 14.9 Å². The highest BCUT2D eigenvalue weighted by Crippen LogP contribution is 2.23. The smallest absolute Gasteiger partial charge is 0.294 e. The molecule has 0 atom stereocenters. The predicted octanol–water partition coefficient (Wildman–Crippen LogP) is 0.737. The monoisotopic (exact) mass is 281 g/mol. The maximum atomic E-state index is 11.2. The zero-order chi connectivity index (χ0) is 15.0. The van der Waals surface area contributed by atoms with Crippen LogP contribution >= 0.6 is 0 Å². The van der Waals surface area contributed by atoms with Gasteiger partial charge in [-0.25, -0.2) is 5.84 Å². The zero-order valence-electron chi connectivity index (χ0n) is 10.8. The van der Waals surface area contributed by atoms with Crippen molar-refractivity contribution in [3.05, 3.63) is 34.4 Å². The Hall–Kier alpha value is -2.68. The van der Waals surface area contributed by atoms with E-state index in [1.165, 1.54) is 12.1 Å². The van der Waals surface area contributed by atoms with Crippen LogP contribution < -0.4 is 16.7 Å². The number of hydrogen-bond acceptors (Lipinski definition) is 7. The van der Waals surface area contributed by atoms with Crippen molar-refractivity contribution in [2.24, 2.45) is 10.9 Å². The lowest BCUT2D eigenvalue weighted by Gasteiger charge is -2.07. The molecule has 20 heavy (non-hydrogen) atoms. The maximum Gasteiger partial charge on any atom is 0.294 e. The van der Waals surface area contributed by atoms with E-state index >= 15 is 0 Å². The van der Waals surface area contributed by atoms with E-state index in [4.69, 9.17) is 10.6 Å². The Balaban J connectivity index is 2.86. The third-order valence-corrected chi connectivity index (χ3v) is 2.19. The van der Waals surface area contributed by atoms with E-state index in [0.29, 0.717) is 6.61 Å². The summed E-state index contributed by atoms with van der Waals surface area (Å²) in [5, 5.41) is 14.7. The van der Waals surface area contributed by atoms with Gasteiger partial charge in [0.25, 0.3) is 5.69 Å². The summed E-state index contributed by atoms with van der Waals surface area (Å²) in [6.07, 6.45) is -0.169. The second kappa shape index (κ2) is 7.69. The molecule has 0 aliphatic carbocycles. The fourth-order valence-corrected chi connectivity index (χ4v) is 1.33. The second-order valence-corrected chi connectivity index (χ2v) is 3.57. The minimum absolute atomic E-state index is 0.0774. The molecule has 0 aliphatic rings. The maximum absolute atomic E-state index is 11.2. The number of amides is 1. The molecule has 1 amide bonds. The summed E-state index contributed by atoms with van der Waals surface area (Å²) in [7, 11) is 0. The van der Waals surface area contributed by atoms with E-state index in [-0.39, 0.29) is 23.7 Å². The lowest BCUT2D eigenvalue weighted by molar-refractivity contribution is -0.384. The summed E-state index contributed by atoms with van der Waals surface area (Å²) < 4.78 is 5.14. The molecule has 0 bridgehead atoms. The molecule has 0 saturated carbocycles. The summed E-state index contributed by atoms with van der Waals surface area (Å²) in [5.41, 5.74) is 4.52. The first-order valence-corrected chi connectivity index (χ1v) is 5.76. The van der Waals surface area contributed by atoms with Crippen LogP contribution in [-0.2, 0) is 9.53 Å². The SMILES string of the molecule is CCO/C(CC(=O)NN)=N/Nc1ccccc1[N+](=O)[O-]. The van der Waals surface area contributed by atoms with Crippen LogP contribution in [-0.4, -0.2) is 23.3 Å². The van der Waals surface area contributed by atoms with E-state index in [0.717, 1.165) is 0 Å². The van der Waals surface area contributed by atoms with Crippen molar-refractivity contribution in [3.8, 4) is 0 Å². The third kappa shape index (κ3) is 4.53. The molecule has 0 radical (unpaired) electrons. The number of nitrogens with zero attached hydrogens (tertiary/aromatic N) is 2. The standard InChI is InChI=1S/C11H15N5O4/c1-2-20-11(7-10(17)13-12)15-14-8-5-3-4-6-9(8)16(18)19/h3-6,14H,2,7,12H2,1H3,(H,13,17)/b15-11+. The Bertz CT molecular complexity index is 517. The highest BCUT2D eigenvalue weighted by molar-refractivity contribution is 5.97. The second-order valence-electron chi connectivity index (χ2n) is 3.57. The minimum atomic E-state index is -0.537. The Morgan fingerprint density at radius 2 is 2.20 bits per heavy atom. The van der Waals surface area contributed by atoms with Gasteiger partial charge in [0, 0.05) is 6.07 Å². The number of nitrogens with one attached hydrogen (secondary N) is 2. The van der Waals surface area contributed by atoms with Crippen LogP contribution in [0.25, 0.3) is 0 Å². The van der Waals surface area contributed by atoms with Gasteiger partial charge in [-0.05, 0) is 13.0 Å². The minimum Gasteiger partial charge on any atom is -0.480 e. The normalized spacial score (nSPS) is 10.8. The fraction of sp³-hybridized carbons (Fsp3) is 0.273. The number of rotatable bonds is 6. The Kier molecular flexibility index (Phi) is 5.91. The van der Waals surface area contributed by atoms with Gasteiger partial charge in [0.05, 0.1) is 11.5 Å². The van der Waals surface area contributed by atoms with Crippen LogP contribution in [0.4, 0.5) is 11.4 Å². The first-order valence-electron chi connectivity index (χ1n) is 5.76.